The third kappa shape index (κ3) is 5.30. The molecule has 0 saturated carbocycles. The molecule has 3 aromatic rings. The first-order chi connectivity index (χ1) is 17.9. The zero-order valence-electron chi connectivity index (χ0n) is 19.1. The molecule has 0 aromatic heterocycles. The summed E-state index contributed by atoms with van der Waals surface area (Å²) in [6.45, 7) is -1.01. The van der Waals surface area contributed by atoms with Gasteiger partial charge in [-0.3, -0.25) is 9.59 Å². The number of aliphatic hydroxyl groups is 1. The highest BCUT2D eigenvalue weighted by Crippen LogP contribution is 2.35. The van der Waals surface area contributed by atoms with Crippen LogP contribution in [-0.2, 0) is 14.8 Å². The summed E-state index contributed by atoms with van der Waals surface area (Å²) in [6, 6.07) is 16.8. The van der Waals surface area contributed by atoms with Crippen LogP contribution in [-0.4, -0.2) is 42.4 Å². The fourth-order valence-electron chi connectivity index (χ4n) is 3.72. The van der Waals surface area contributed by atoms with Crippen molar-refractivity contribution in [2.75, 3.05) is 11.9 Å². The van der Waals surface area contributed by atoms with Gasteiger partial charge in [0.15, 0.2) is 5.76 Å². The van der Waals surface area contributed by atoms with Crippen molar-refractivity contribution in [3.05, 3.63) is 95.2 Å². The highest BCUT2D eigenvalue weighted by Gasteiger charge is 2.42. The number of alkyl halides is 3. The molecule has 0 radical (unpaired) electrons. The topological polar surface area (TPSA) is 137 Å². The lowest BCUT2D eigenvalue weighted by molar-refractivity contribution is -0.274. The number of amides is 1. The molecule has 0 bridgehead atoms. The van der Waals surface area contributed by atoms with Gasteiger partial charge in [0.1, 0.15) is 18.0 Å². The number of Topliss-reactive ketones (excluding diaryl/α,β-unsaturated/α-hetero) is 1. The van der Waals surface area contributed by atoms with E-state index in [4.69, 9.17) is 5.26 Å². The second-order valence-corrected chi connectivity index (χ2v) is 9.68. The van der Waals surface area contributed by atoms with Crippen molar-refractivity contribution in [2.45, 2.75) is 11.3 Å². The van der Waals surface area contributed by atoms with Gasteiger partial charge in [0.25, 0.3) is 10.0 Å². The summed E-state index contributed by atoms with van der Waals surface area (Å²) in [4.78, 5) is 25.8. The Morgan fingerprint density at radius 1 is 1.05 bits per heavy atom. The molecule has 3 aromatic carbocycles. The number of hydrogen-bond donors (Lipinski definition) is 2. The van der Waals surface area contributed by atoms with Gasteiger partial charge in [-0.15, -0.1) is 13.2 Å². The third-order valence-electron chi connectivity index (χ3n) is 5.29. The van der Waals surface area contributed by atoms with Crippen molar-refractivity contribution < 1.29 is 41.0 Å². The molecule has 0 saturated heterocycles. The minimum Gasteiger partial charge on any atom is -0.505 e. The van der Waals surface area contributed by atoms with Crippen LogP contribution in [0.1, 0.15) is 21.5 Å². The summed E-state index contributed by atoms with van der Waals surface area (Å²) in [6.07, 6.45) is -4.97. The number of hydrogen-bond acceptors (Lipinski definition) is 7. The summed E-state index contributed by atoms with van der Waals surface area (Å²) in [5, 5.41) is 22.4. The first-order valence-electron chi connectivity index (χ1n) is 10.7. The molecule has 2 N–H and O–H groups in total. The fraction of sp³-hybridized carbons (Fsp3) is 0.0800. The first kappa shape index (κ1) is 26.2. The number of halogens is 3. The molecule has 0 fully saturated rings. The van der Waals surface area contributed by atoms with E-state index in [1.165, 1.54) is 54.6 Å². The highest BCUT2D eigenvalue weighted by molar-refractivity contribution is 7.89. The van der Waals surface area contributed by atoms with Crippen LogP contribution in [0.5, 0.6) is 5.75 Å². The second-order valence-electron chi connectivity index (χ2n) is 7.85. The molecular formula is C25H16F3N3O6S. The van der Waals surface area contributed by atoms with Crippen LogP contribution in [0, 0.1) is 11.3 Å². The number of carbonyl (C=O) groups excluding carboxylic acids is 2. The van der Waals surface area contributed by atoms with Crippen LogP contribution in [0.4, 0.5) is 18.9 Å². The summed E-state index contributed by atoms with van der Waals surface area (Å²) < 4.78 is 68.8. The lowest BCUT2D eigenvalue weighted by atomic mass is 10.0. The monoisotopic (exact) mass is 543 g/mol. The summed E-state index contributed by atoms with van der Waals surface area (Å²) in [5.74, 6) is -3.34. The van der Waals surface area contributed by atoms with Gasteiger partial charge in [0, 0.05) is 22.9 Å². The molecule has 1 amide bonds. The van der Waals surface area contributed by atoms with Gasteiger partial charge in [-0.05, 0) is 36.4 Å². The number of aliphatic hydroxyl groups excluding tert-OH is 1. The molecule has 0 spiro atoms. The van der Waals surface area contributed by atoms with Crippen LogP contribution < -0.4 is 10.1 Å². The Morgan fingerprint density at radius 2 is 1.76 bits per heavy atom. The van der Waals surface area contributed by atoms with Crippen LogP contribution >= 0.6 is 0 Å². The van der Waals surface area contributed by atoms with Gasteiger partial charge < -0.3 is 15.2 Å². The number of nitrogens with zero attached hydrogens (tertiary/aromatic N) is 2. The summed E-state index contributed by atoms with van der Waals surface area (Å²) in [5.41, 5.74) is -1.05. The Kier molecular flexibility index (Phi) is 6.84. The molecule has 0 aliphatic carbocycles. The SMILES string of the molecule is N#Cc1cccc(C(O)=C2C(=O)c3ccccc3S(=O)(=O)N2CC(=O)Nc2cccc(OC(F)(F)F)c2)c1. The van der Waals surface area contributed by atoms with Crippen molar-refractivity contribution in [3.8, 4) is 11.8 Å². The number of rotatable bonds is 5. The maximum atomic E-state index is 13.5. The van der Waals surface area contributed by atoms with E-state index in [-0.39, 0.29) is 22.4 Å². The van der Waals surface area contributed by atoms with Crippen molar-refractivity contribution in [1.29, 1.82) is 5.26 Å². The van der Waals surface area contributed by atoms with Crippen LogP contribution in [0.25, 0.3) is 5.76 Å². The maximum Gasteiger partial charge on any atom is 0.573 e. The predicted molar refractivity (Wildman–Crippen MR) is 127 cm³/mol. The van der Waals surface area contributed by atoms with Crippen LogP contribution in [0.15, 0.2) is 83.4 Å². The predicted octanol–water partition coefficient (Wildman–Crippen LogP) is 4.21. The van der Waals surface area contributed by atoms with E-state index in [2.05, 4.69) is 10.1 Å². The Hall–Kier alpha value is -4.83. The van der Waals surface area contributed by atoms with E-state index in [0.29, 0.717) is 4.31 Å². The van der Waals surface area contributed by atoms with E-state index in [0.717, 1.165) is 18.2 Å². The molecule has 1 aliphatic rings. The van der Waals surface area contributed by atoms with E-state index >= 15 is 0 Å². The first-order valence-corrected chi connectivity index (χ1v) is 12.1. The second kappa shape index (κ2) is 9.91. The number of ketones is 1. The van der Waals surface area contributed by atoms with Crippen LogP contribution in [0.2, 0.25) is 0 Å². The van der Waals surface area contributed by atoms with Gasteiger partial charge in [-0.25, -0.2) is 12.7 Å². The number of allylic oxidation sites excluding steroid dienone is 1. The Labute approximate surface area is 214 Å². The molecular weight excluding hydrogens is 527 g/mol. The molecule has 0 atom stereocenters. The van der Waals surface area contributed by atoms with E-state index < -0.39 is 56.7 Å². The maximum absolute atomic E-state index is 13.5. The number of nitriles is 1. The number of benzene rings is 3. The molecule has 1 heterocycles. The zero-order chi connectivity index (χ0) is 27.7. The lowest BCUT2D eigenvalue weighted by Crippen LogP contribution is -2.43. The van der Waals surface area contributed by atoms with E-state index in [9.17, 15) is 36.3 Å². The molecule has 1 aliphatic heterocycles. The number of carbonyl (C=O) groups is 2. The van der Waals surface area contributed by atoms with Crippen LogP contribution in [0.3, 0.4) is 0 Å². The number of nitrogens with one attached hydrogen (secondary N) is 1. The molecule has 38 heavy (non-hydrogen) atoms. The normalized spacial score (nSPS) is 15.7. The molecule has 4 rings (SSSR count). The smallest absolute Gasteiger partial charge is 0.505 e. The highest BCUT2D eigenvalue weighted by atomic mass is 32.2. The van der Waals surface area contributed by atoms with Gasteiger partial charge >= 0.3 is 6.36 Å². The summed E-state index contributed by atoms with van der Waals surface area (Å²) >= 11 is 0. The van der Waals surface area contributed by atoms with Gasteiger partial charge in [-0.2, -0.15) is 5.26 Å². The van der Waals surface area contributed by atoms with E-state index in [1.54, 1.807) is 0 Å². The number of fused-ring (bicyclic) bond motifs is 1. The standard InChI is InChI=1S/C25H16F3N3O6S/c26-25(27,28)37-18-8-4-7-17(12-18)30-21(32)14-31-22(23(33)16-6-3-5-15(11-16)13-29)24(34)19-9-1-2-10-20(19)38(31,35)36/h1-12,33H,14H2,(H,30,32). The number of anilines is 1. The molecule has 13 heteroatoms. The molecule has 9 nitrogen and oxygen atoms in total. The molecule has 194 valence electrons. The van der Waals surface area contributed by atoms with Crippen molar-refractivity contribution >= 4 is 33.2 Å². The van der Waals surface area contributed by atoms with Crippen molar-refractivity contribution in [3.63, 3.8) is 0 Å². The zero-order valence-corrected chi connectivity index (χ0v) is 19.9. The third-order valence-corrected chi connectivity index (χ3v) is 7.10. The van der Waals surface area contributed by atoms with Gasteiger partial charge in [0.2, 0.25) is 11.7 Å². The fourth-order valence-corrected chi connectivity index (χ4v) is 5.35. The Bertz CT molecular complexity index is 1630. The van der Waals surface area contributed by atoms with Gasteiger partial charge in [-0.1, -0.05) is 30.3 Å². The minimum atomic E-state index is -4.97. The Balaban J connectivity index is 1.75. The average molecular weight is 543 g/mol. The molecule has 0 unspecified atom stereocenters. The van der Waals surface area contributed by atoms with Crippen molar-refractivity contribution in [1.82, 2.24) is 4.31 Å². The lowest BCUT2D eigenvalue weighted by Gasteiger charge is -2.31. The number of ether oxygens (including phenoxy) is 1. The van der Waals surface area contributed by atoms with E-state index in [1.807, 2.05) is 6.07 Å². The Morgan fingerprint density at radius 3 is 2.47 bits per heavy atom. The van der Waals surface area contributed by atoms with Crippen molar-refractivity contribution in [2.24, 2.45) is 0 Å². The minimum absolute atomic E-state index is 0.0515. The average Bonchev–Trinajstić information content (AvgIpc) is 2.86. The number of sulfonamides is 1. The largest absolute Gasteiger partial charge is 0.573 e. The quantitative estimate of drug-likeness (QED) is 0.363. The summed E-state index contributed by atoms with van der Waals surface area (Å²) in [7, 11) is -4.56. The van der Waals surface area contributed by atoms with Gasteiger partial charge in [0.05, 0.1) is 16.5 Å².